The third-order valence-corrected chi connectivity index (χ3v) is 8.37. The smallest absolute Gasteiger partial charge is 0.341 e. The summed E-state index contributed by atoms with van der Waals surface area (Å²) >= 11 is 7.33. The summed E-state index contributed by atoms with van der Waals surface area (Å²) in [5.74, 6) is 1.29. The average Bonchev–Trinajstić information content (AvgIpc) is 3.28. The number of thiocarbonyl (C=S) groups is 1. The minimum atomic E-state index is -0.286. The van der Waals surface area contributed by atoms with Crippen LogP contribution < -0.4 is 15.4 Å². The molecule has 208 valence electrons. The van der Waals surface area contributed by atoms with Gasteiger partial charge >= 0.3 is 5.97 Å². The maximum Gasteiger partial charge on any atom is 0.341 e. The molecule has 1 aliphatic carbocycles. The van der Waals surface area contributed by atoms with E-state index < -0.39 is 0 Å². The van der Waals surface area contributed by atoms with E-state index in [1.807, 2.05) is 74.0 Å². The monoisotopic (exact) mass is 574 g/mol. The van der Waals surface area contributed by atoms with E-state index in [2.05, 4.69) is 16.7 Å². The summed E-state index contributed by atoms with van der Waals surface area (Å²) in [7, 11) is 0. The van der Waals surface area contributed by atoms with Crippen molar-refractivity contribution in [2.75, 3.05) is 17.2 Å². The Morgan fingerprint density at radius 3 is 2.60 bits per heavy atom. The number of carbonyl (C=O) groups is 1. The number of nitrogens with one attached hydrogen (secondary N) is 2. The van der Waals surface area contributed by atoms with Crippen molar-refractivity contribution in [1.29, 1.82) is 0 Å². The first kappa shape index (κ1) is 27.9. The van der Waals surface area contributed by atoms with Crippen LogP contribution >= 0.6 is 23.6 Å². The van der Waals surface area contributed by atoms with Crippen LogP contribution in [0.15, 0.2) is 54.6 Å². The molecule has 0 unspecified atom stereocenters. The number of esters is 1. The molecule has 2 heterocycles. The van der Waals surface area contributed by atoms with Crippen molar-refractivity contribution in [2.45, 2.75) is 59.4 Å². The van der Waals surface area contributed by atoms with Crippen molar-refractivity contribution in [2.24, 2.45) is 0 Å². The van der Waals surface area contributed by atoms with Crippen LogP contribution in [-0.4, -0.2) is 27.5 Å². The first-order valence-electron chi connectivity index (χ1n) is 13.7. The molecule has 4 aromatic rings. The van der Waals surface area contributed by atoms with Crippen molar-refractivity contribution in [3.8, 4) is 11.5 Å². The molecule has 0 saturated carbocycles. The quantitative estimate of drug-likeness (QED) is 0.127. The molecule has 0 atom stereocenters. The highest BCUT2D eigenvalue weighted by Gasteiger charge is 2.26. The van der Waals surface area contributed by atoms with E-state index in [1.165, 1.54) is 11.3 Å². The molecule has 5 rings (SSSR count). The third-order valence-electron chi connectivity index (χ3n) is 6.96. The molecule has 0 aliphatic heterocycles. The SMILES string of the molecule is CCOC(=O)c1c(NC(=S)Nc2c(C)nn(Cc3cccc(Oc4ccccc4)c3)c2C)sc2c1CCCCC2. The minimum Gasteiger partial charge on any atom is -0.462 e. The number of nitrogens with zero attached hydrogens (tertiary/aromatic N) is 2. The molecule has 9 heteroatoms. The highest BCUT2D eigenvalue weighted by molar-refractivity contribution is 7.80. The van der Waals surface area contributed by atoms with Gasteiger partial charge in [-0.15, -0.1) is 11.3 Å². The molecule has 0 amide bonds. The van der Waals surface area contributed by atoms with Crippen LogP contribution in [0.5, 0.6) is 11.5 Å². The summed E-state index contributed by atoms with van der Waals surface area (Å²) in [4.78, 5) is 14.2. The molecule has 2 aromatic carbocycles. The van der Waals surface area contributed by atoms with Crippen LogP contribution in [0.25, 0.3) is 0 Å². The van der Waals surface area contributed by atoms with Crippen LogP contribution in [0.4, 0.5) is 10.7 Å². The number of rotatable bonds is 8. The second-order valence-electron chi connectivity index (χ2n) is 9.83. The Labute approximate surface area is 244 Å². The lowest BCUT2D eigenvalue weighted by molar-refractivity contribution is 0.0527. The van der Waals surface area contributed by atoms with Gasteiger partial charge in [-0.3, -0.25) is 4.68 Å². The Hall–Kier alpha value is -3.69. The topological polar surface area (TPSA) is 77.4 Å². The first-order valence-corrected chi connectivity index (χ1v) is 14.9. The van der Waals surface area contributed by atoms with Gasteiger partial charge in [0.2, 0.25) is 0 Å². The highest BCUT2D eigenvalue weighted by atomic mass is 32.1. The van der Waals surface area contributed by atoms with Gasteiger partial charge in [0.25, 0.3) is 0 Å². The molecule has 1 aliphatic rings. The summed E-state index contributed by atoms with van der Waals surface area (Å²) in [5, 5.41) is 12.6. The maximum atomic E-state index is 12.9. The summed E-state index contributed by atoms with van der Waals surface area (Å²) < 4.78 is 13.4. The van der Waals surface area contributed by atoms with E-state index in [4.69, 9.17) is 26.8 Å². The molecule has 0 radical (unpaired) electrons. The van der Waals surface area contributed by atoms with Gasteiger partial charge in [0.05, 0.1) is 35.8 Å². The van der Waals surface area contributed by atoms with Gasteiger partial charge in [-0.2, -0.15) is 5.10 Å². The number of fused-ring (bicyclic) bond motifs is 1. The number of thiophene rings is 1. The lowest BCUT2D eigenvalue weighted by Gasteiger charge is -2.12. The van der Waals surface area contributed by atoms with E-state index in [-0.39, 0.29) is 5.97 Å². The van der Waals surface area contributed by atoms with Crippen molar-refractivity contribution in [1.82, 2.24) is 9.78 Å². The number of carbonyl (C=O) groups excluding carboxylic acids is 1. The third kappa shape index (κ3) is 6.37. The van der Waals surface area contributed by atoms with Gasteiger partial charge in [-0.1, -0.05) is 36.8 Å². The zero-order chi connectivity index (χ0) is 28.1. The fourth-order valence-corrected chi connectivity index (χ4v) is 6.59. The molecule has 7 nitrogen and oxygen atoms in total. The number of aryl methyl sites for hydroxylation is 2. The molecule has 2 N–H and O–H groups in total. The second kappa shape index (κ2) is 12.7. The normalized spacial score (nSPS) is 12.8. The van der Waals surface area contributed by atoms with Crippen LogP contribution in [0, 0.1) is 13.8 Å². The van der Waals surface area contributed by atoms with Gasteiger partial charge in [-0.25, -0.2) is 4.79 Å². The summed E-state index contributed by atoms with van der Waals surface area (Å²) in [6, 6.07) is 17.8. The zero-order valence-electron chi connectivity index (χ0n) is 23.1. The number of ether oxygens (including phenoxy) is 2. The number of benzene rings is 2. The predicted molar refractivity (Wildman–Crippen MR) is 165 cm³/mol. The fraction of sp³-hybridized carbons (Fsp3) is 0.323. The van der Waals surface area contributed by atoms with Crippen LogP contribution in [-0.2, 0) is 24.1 Å². The van der Waals surface area contributed by atoms with E-state index in [0.717, 1.165) is 70.4 Å². The zero-order valence-corrected chi connectivity index (χ0v) is 24.7. The Morgan fingerprint density at radius 2 is 1.80 bits per heavy atom. The van der Waals surface area contributed by atoms with Gasteiger partial charge in [0.15, 0.2) is 5.11 Å². The standard InChI is InChI=1S/C31H34N4O3S2/c1-4-37-30(36)27-25-16-9-6-10-17-26(25)40-29(27)33-31(39)32-28-20(2)34-35(21(28)3)19-22-12-11-15-24(18-22)38-23-13-7-5-8-14-23/h5,7-8,11-15,18H,4,6,9-10,16-17,19H2,1-3H3,(H2,32,33,39). The Kier molecular flexibility index (Phi) is 8.81. The van der Waals surface area contributed by atoms with Gasteiger partial charge < -0.3 is 20.1 Å². The summed E-state index contributed by atoms with van der Waals surface area (Å²) in [6.45, 7) is 6.74. The molecule has 2 aromatic heterocycles. The highest BCUT2D eigenvalue weighted by Crippen LogP contribution is 2.38. The number of anilines is 2. The Morgan fingerprint density at radius 1 is 1.02 bits per heavy atom. The molecule has 0 fully saturated rings. The molecular weight excluding hydrogens is 541 g/mol. The molecular formula is C31H34N4O3S2. The van der Waals surface area contributed by atoms with E-state index in [0.29, 0.717) is 23.8 Å². The van der Waals surface area contributed by atoms with Gasteiger partial charge in [0.1, 0.15) is 16.5 Å². The van der Waals surface area contributed by atoms with E-state index in [9.17, 15) is 4.79 Å². The summed E-state index contributed by atoms with van der Waals surface area (Å²) in [5.41, 5.74) is 5.48. The predicted octanol–water partition coefficient (Wildman–Crippen LogP) is 7.66. The largest absolute Gasteiger partial charge is 0.462 e. The molecule has 40 heavy (non-hydrogen) atoms. The van der Waals surface area contributed by atoms with Crippen molar-refractivity contribution in [3.05, 3.63) is 87.6 Å². The fourth-order valence-electron chi connectivity index (χ4n) is 5.03. The number of hydrogen-bond donors (Lipinski definition) is 2. The average molecular weight is 575 g/mol. The van der Waals surface area contributed by atoms with Crippen LogP contribution in [0.1, 0.15) is 63.9 Å². The lowest BCUT2D eigenvalue weighted by atomic mass is 10.1. The molecule has 0 saturated heterocycles. The molecule has 0 bridgehead atoms. The second-order valence-corrected chi connectivity index (χ2v) is 11.3. The number of aromatic nitrogens is 2. The Balaban J connectivity index is 1.31. The van der Waals surface area contributed by atoms with E-state index >= 15 is 0 Å². The van der Waals surface area contributed by atoms with Crippen LogP contribution in [0.2, 0.25) is 0 Å². The van der Waals surface area contributed by atoms with Crippen molar-refractivity contribution in [3.63, 3.8) is 0 Å². The van der Waals surface area contributed by atoms with Crippen molar-refractivity contribution >= 4 is 45.3 Å². The first-order chi connectivity index (χ1) is 19.4. The lowest BCUT2D eigenvalue weighted by Crippen LogP contribution is -2.21. The number of para-hydroxylation sites is 1. The summed E-state index contributed by atoms with van der Waals surface area (Å²) in [6.07, 6.45) is 5.27. The Bertz CT molecular complexity index is 1510. The number of hydrogen-bond acceptors (Lipinski definition) is 6. The van der Waals surface area contributed by atoms with Crippen LogP contribution in [0.3, 0.4) is 0 Å². The minimum absolute atomic E-state index is 0.286. The molecule has 0 spiro atoms. The van der Waals surface area contributed by atoms with E-state index in [1.54, 1.807) is 11.3 Å². The van der Waals surface area contributed by atoms with Gasteiger partial charge in [0, 0.05) is 4.88 Å². The van der Waals surface area contributed by atoms with Gasteiger partial charge in [-0.05, 0) is 94.1 Å². The maximum absolute atomic E-state index is 12.9. The van der Waals surface area contributed by atoms with Crippen molar-refractivity contribution < 1.29 is 14.3 Å².